The van der Waals surface area contributed by atoms with Crippen molar-refractivity contribution in [1.82, 2.24) is 4.98 Å². The number of fused-ring (bicyclic) bond motifs is 1. The summed E-state index contributed by atoms with van der Waals surface area (Å²) >= 11 is 7.69. The molecule has 1 N–H and O–H groups in total. The number of ether oxygens (including phenoxy) is 1. The molecule has 2 rings (SSSR count). The molecule has 0 aliphatic rings. The van der Waals surface area contributed by atoms with Gasteiger partial charge in [0.25, 0.3) is 0 Å². The zero-order valence-corrected chi connectivity index (χ0v) is 11.9. The third-order valence-electron chi connectivity index (χ3n) is 2.23. The molecule has 100 valence electrons. The van der Waals surface area contributed by atoms with Crippen LogP contribution in [-0.2, 0) is 4.79 Å². The summed E-state index contributed by atoms with van der Waals surface area (Å²) in [5.74, 6) is -2.68. The highest BCUT2D eigenvalue weighted by Crippen LogP contribution is 2.37. The Morgan fingerprint density at radius 2 is 2.21 bits per heavy atom. The van der Waals surface area contributed by atoms with Gasteiger partial charge in [-0.05, 0) is 40.8 Å². The van der Waals surface area contributed by atoms with Gasteiger partial charge < -0.3 is 9.84 Å². The number of benzene rings is 1. The topological polar surface area (TPSA) is 59.4 Å². The minimum Gasteiger partial charge on any atom is -0.474 e. The highest BCUT2D eigenvalue weighted by Gasteiger charge is 2.43. The number of pyridine rings is 1. The van der Waals surface area contributed by atoms with Crippen LogP contribution in [-0.4, -0.2) is 22.2 Å². The average molecular weight is 400 g/mol. The number of carbonyl (C=O) groups is 1. The predicted octanol–water partition coefficient (Wildman–Crippen LogP) is 3.55. The van der Waals surface area contributed by atoms with Crippen molar-refractivity contribution in [3.8, 4) is 5.75 Å². The summed E-state index contributed by atoms with van der Waals surface area (Å²) in [6, 6.07) is 4.56. The van der Waals surface area contributed by atoms with Gasteiger partial charge in [0.2, 0.25) is 0 Å². The summed E-state index contributed by atoms with van der Waals surface area (Å²) in [7, 11) is 0. The Kier molecular flexibility index (Phi) is 3.77. The van der Waals surface area contributed by atoms with Gasteiger partial charge >= 0.3 is 12.1 Å². The lowest BCUT2D eigenvalue weighted by Crippen LogP contribution is -2.35. The summed E-state index contributed by atoms with van der Waals surface area (Å²) in [4.78, 5) is 14.3. The number of aliphatic carboxylic acids is 1. The fourth-order valence-electron chi connectivity index (χ4n) is 1.42. The van der Waals surface area contributed by atoms with Gasteiger partial charge in [0.05, 0.1) is 8.59 Å². The van der Waals surface area contributed by atoms with Crippen molar-refractivity contribution < 1.29 is 23.4 Å². The first-order chi connectivity index (χ1) is 8.83. The zero-order chi connectivity index (χ0) is 14.2. The van der Waals surface area contributed by atoms with E-state index in [-0.39, 0.29) is 14.8 Å². The van der Waals surface area contributed by atoms with E-state index < -0.39 is 12.1 Å². The molecule has 0 amide bonds. The molecular weight excluding hydrogens is 394 g/mol. The number of hydrogen-bond acceptors (Lipinski definition) is 3. The van der Waals surface area contributed by atoms with Crippen molar-refractivity contribution >= 4 is 51.1 Å². The standard InChI is InChI=1S/C11H5ClF2INO3/c12-6-4-7(15)9(19-11(13,14)10(17)18)8-5(6)2-1-3-16-8/h1-4H,(H,17,18). The van der Waals surface area contributed by atoms with E-state index in [0.29, 0.717) is 10.4 Å². The monoisotopic (exact) mass is 399 g/mol. The molecular formula is C11H5ClF2INO3. The molecule has 8 heteroatoms. The van der Waals surface area contributed by atoms with Crippen LogP contribution in [0, 0.1) is 3.57 Å². The zero-order valence-electron chi connectivity index (χ0n) is 9.03. The van der Waals surface area contributed by atoms with E-state index in [0.717, 1.165) is 0 Å². The van der Waals surface area contributed by atoms with Gasteiger partial charge in [-0.2, -0.15) is 8.78 Å². The maximum Gasteiger partial charge on any atom is 0.502 e. The third-order valence-corrected chi connectivity index (χ3v) is 3.34. The number of halogens is 4. The van der Waals surface area contributed by atoms with Crippen molar-refractivity contribution in [2.75, 3.05) is 0 Å². The third kappa shape index (κ3) is 2.71. The number of carboxylic acid groups (broad SMARTS) is 1. The van der Waals surface area contributed by atoms with Crippen molar-refractivity contribution in [2.24, 2.45) is 0 Å². The first-order valence-electron chi connectivity index (χ1n) is 4.86. The molecule has 19 heavy (non-hydrogen) atoms. The van der Waals surface area contributed by atoms with Crippen LogP contribution >= 0.6 is 34.2 Å². The molecule has 4 nitrogen and oxygen atoms in total. The minimum atomic E-state index is -4.34. The Labute approximate surface area is 124 Å². The summed E-state index contributed by atoms with van der Waals surface area (Å²) in [6.45, 7) is 0. The maximum absolute atomic E-state index is 13.2. The van der Waals surface area contributed by atoms with Crippen molar-refractivity contribution in [3.63, 3.8) is 0 Å². The molecule has 0 saturated heterocycles. The first kappa shape index (κ1) is 14.2. The van der Waals surface area contributed by atoms with E-state index in [4.69, 9.17) is 16.7 Å². The van der Waals surface area contributed by atoms with Gasteiger partial charge in [0.1, 0.15) is 5.52 Å². The molecule has 0 atom stereocenters. The quantitative estimate of drug-likeness (QED) is 0.802. The van der Waals surface area contributed by atoms with Crippen molar-refractivity contribution in [2.45, 2.75) is 6.11 Å². The second-order valence-corrected chi connectivity index (χ2v) is 5.06. The van der Waals surface area contributed by atoms with Gasteiger partial charge in [-0.1, -0.05) is 11.6 Å². The number of nitrogens with zero attached hydrogens (tertiary/aromatic N) is 1. The fourth-order valence-corrected chi connectivity index (χ4v) is 2.54. The normalized spacial score (nSPS) is 11.6. The molecule has 0 unspecified atom stereocenters. The summed E-state index contributed by atoms with van der Waals surface area (Å²) in [5, 5.41) is 9.12. The van der Waals surface area contributed by atoms with Gasteiger partial charge in [0.15, 0.2) is 5.75 Å². The van der Waals surface area contributed by atoms with Gasteiger partial charge in [-0.25, -0.2) is 4.79 Å². The molecule has 0 aliphatic carbocycles. The van der Waals surface area contributed by atoms with Gasteiger partial charge in [-0.15, -0.1) is 0 Å². The molecule has 0 aliphatic heterocycles. The van der Waals surface area contributed by atoms with E-state index in [9.17, 15) is 13.6 Å². The lowest BCUT2D eigenvalue weighted by atomic mass is 10.2. The smallest absolute Gasteiger partial charge is 0.474 e. The molecule has 1 aromatic carbocycles. The molecule has 1 heterocycles. The molecule has 0 radical (unpaired) electrons. The molecule has 0 bridgehead atoms. The van der Waals surface area contributed by atoms with Crippen LogP contribution in [0.2, 0.25) is 5.02 Å². The number of aromatic nitrogens is 1. The van der Waals surface area contributed by atoms with E-state index in [1.54, 1.807) is 34.7 Å². The molecule has 0 saturated carbocycles. The highest BCUT2D eigenvalue weighted by molar-refractivity contribution is 14.1. The minimum absolute atomic E-state index is 0.0836. The van der Waals surface area contributed by atoms with E-state index in [1.165, 1.54) is 12.3 Å². The summed E-state index contributed by atoms with van der Waals surface area (Å²) in [6.07, 6.45) is -2.96. The highest BCUT2D eigenvalue weighted by atomic mass is 127. The predicted molar refractivity (Wildman–Crippen MR) is 72.7 cm³/mol. The number of rotatable bonds is 3. The first-order valence-corrected chi connectivity index (χ1v) is 6.31. The number of alkyl halides is 2. The second kappa shape index (κ2) is 5.04. The molecule has 2 aromatic rings. The second-order valence-electron chi connectivity index (χ2n) is 3.49. The largest absolute Gasteiger partial charge is 0.502 e. The van der Waals surface area contributed by atoms with Crippen LogP contribution in [0.1, 0.15) is 0 Å². The fraction of sp³-hybridized carbons (Fsp3) is 0.0909. The molecule has 0 fully saturated rings. The SMILES string of the molecule is O=C(O)C(F)(F)Oc1c(I)cc(Cl)c2cccnc12. The van der Waals surface area contributed by atoms with E-state index in [1.807, 2.05) is 0 Å². The number of carboxylic acids is 1. The lowest BCUT2D eigenvalue weighted by Gasteiger charge is -2.16. The summed E-state index contributed by atoms with van der Waals surface area (Å²) in [5.41, 5.74) is 0.0836. The van der Waals surface area contributed by atoms with Crippen LogP contribution in [0.3, 0.4) is 0 Å². The Bertz CT molecular complexity index is 666. The van der Waals surface area contributed by atoms with Crippen LogP contribution in [0.4, 0.5) is 8.78 Å². The van der Waals surface area contributed by atoms with Crippen LogP contribution in [0.25, 0.3) is 10.9 Å². The van der Waals surface area contributed by atoms with Crippen molar-refractivity contribution in [3.05, 3.63) is 33.0 Å². The van der Waals surface area contributed by atoms with Crippen LogP contribution in [0.5, 0.6) is 5.75 Å². The van der Waals surface area contributed by atoms with E-state index in [2.05, 4.69) is 9.72 Å². The van der Waals surface area contributed by atoms with Crippen LogP contribution in [0.15, 0.2) is 24.4 Å². The van der Waals surface area contributed by atoms with Gasteiger partial charge in [0, 0.05) is 11.6 Å². The Morgan fingerprint density at radius 3 is 2.84 bits per heavy atom. The Morgan fingerprint density at radius 1 is 1.53 bits per heavy atom. The maximum atomic E-state index is 13.2. The Balaban J connectivity index is 2.64. The van der Waals surface area contributed by atoms with Gasteiger partial charge in [-0.3, -0.25) is 4.98 Å². The lowest BCUT2D eigenvalue weighted by molar-refractivity contribution is -0.210. The molecule has 0 spiro atoms. The number of hydrogen-bond donors (Lipinski definition) is 1. The van der Waals surface area contributed by atoms with E-state index >= 15 is 0 Å². The van der Waals surface area contributed by atoms with Crippen molar-refractivity contribution in [1.29, 1.82) is 0 Å². The molecule has 1 aromatic heterocycles. The average Bonchev–Trinajstić information content (AvgIpc) is 2.34. The van der Waals surface area contributed by atoms with Crippen LogP contribution < -0.4 is 4.74 Å². The Hall–Kier alpha value is -1.22. The summed E-state index contributed by atoms with van der Waals surface area (Å²) < 4.78 is 30.9.